The van der Waals surface area contributed by atoms with E-state index < -0.39 is 0 Å². The van der Waals surface area contributed by atoms with Gasteiger partial charge in [-0.25, -0.2) is 0 Å². The average molecular weight is 415 g/mol. The van der Waals surface area contributed by atoms with Gasteiger partial charge in [0.15, 0.2) is 6.61 Å². The summed E-state index contributed by atoms with van der Waals surface area (Å²) >= 11 is 13.9. The molecule has 3 rings (SSSR count). The van der Waals surface area contributed by atoms with Crippen LogP contribution in [0.2, 0.25) is 10.0 Å². The number of nitrogens with zero attached hydrogens (tertiary/aromatic N) is 1. The first kappa shape index (κ1) is 19.4. The second-order valence-electron chi connectivity index (χ2n) is 5.89. The largest absolute Gasteiger partial charge is 0.482 e. The van der Waals surface area contributed by atoms with Gasteiger partial charge in [0.05, 0.1) is 23.6 Å². The van der Waals surface area contributed by atoms with Crippen LogP contribution in [0, 0.1) is 0 Å². The lowest BCUT2D eigenvalue weighted by Crippen LogP contribution is -2.42. The zero-order valence-corrected chi connectivity index (χ0v) is 16.4. The highest BCUT2D eigenvalue weighted by atomic mass is 35.5. The fourth-order valence-electron chi connectivity index (χ4n) is 2.81. The van der Waals surface area contributed by atoms with Crippen LogP contribution >= 0.6 is 35.0 Å². The van der Waals surface area contributed by atoms with Gasteiger partial charge >= 0.3 is 0 Å². The van der Waals surface area contributed by atoms with Crippen LogP contribution in [0.1, 0.15) is 11.6 Å². The quantitative estimate of drug-likeness (QED) is 0.744. The fourth-order valence-corrected chi connectivity index (χ4v) is 4.20. The lowest BCUT2D eigenvalue weighted by atomic mass is 10.1. The van der Waals surface area contributed by atoms with Gasteiger partial charge in [-0.2, -0.15) is 11.8 Å². The molecule has 1 aromatic heterocycles. The first-order valence-corrected chi connectivity index (χ1v) is 10.2. The van der Waals surface area contributed by atoms with Crippen molar-refractivity contribution in [2.75, 3.05) is 37.7 Å². The van der Waals surface area contributed by atoms with E-state index in [-0.39, 0.29) is 18.6 Å². The summed E-state index contributed by atoms with van der Waals surface area (Å²) in [6.07, 6.45) is 3.40. The Kier molecular flexibility index (Phi) is 7.14. The number of halogens is 2. The van der Waals surface area contributed by atoms with E-state index >= 15 is 0 Å². The number of nitrogens with one attached hydrogen (secondary N) is 1. The molecular weight excluding hydrogens is 395 g/mol. The Morgan fingerprint density at radius 3 is 2.81 bits per heavy atom. The first-order chi connectivity index (χ1) is 12.6. The molecule has 0 radical (unpaired) electrons. The predicted molar refractivity (Wildman–Crippen MR) is 105 cm³/mol. The highest BCUT2D eigenvalue weighted by molar-refractivity contribution is 7.99. The monoisotopic (exact) mass is 414 g/mol. The molecule has 0 bridgehead atoms. The molecule has 1 aliphatic rings. The molecule has 0 spiro atoms. The molecule has 8 heteroatoms. The van der Waals surface area contributed by atoms with E-state index in [0.29, 0.717) is 22.3 Å². The molecule has 1 amide bonds. The highest BCUT2D eigenvalue weighted by Gasteiger charge is 2.24. The number of carbonyl (C=O) groups is 1. The summed E-state index contributed by atoms with van der Waals surface area (Å²) in [5.41, 5.74) is 1.07. The Balaban J connectivity index is 1.53. The van der Waals surface area contributed by atoms with Crippen molar-refractivity contribution >= 4 is 40.9 Å². The molecule has 1 N–H and O–H groups in total. The lowest BCUT2D eigenvalue weighted by Gasteiger charge is -2.33. The summed E-state index contributed by atoms with van der Waals surface area (Å²) < 4.78 is 10.7. The molecule has 1 unspecified atom stereocenters. The molecule has 1 atom stereocenters. The van der Waals surface area contributed by atoms with E-state index in [1.807, 2.05) is 17.8 Å². The minimum absolute atomic E-state index is 0.0951. The topological polar surface area (TPSA) is 54.7 Å². The maximum Gasteiger partial charge on any atom is 0.258 e. The Morgan fingerprint density at radius 1 is 1.31 bits per heavy atom. The Bertz CT molecular complexity index is 721. The zero-order valence-electron chi connectivity index (χ0n) is 14.1. The number of rotatable bonds is 7. The number of hydrogen-bond donors (Lipinski definition) is 1. The van der Waals surface area contributed by atoms with Crippen LogP contribution in [0.4, 0.5) is 0 Å². The number of amides is 1. The summed E-state index contributed by atoms with van der Waals surface area (Å²) in [4.78, 5) is 14.6. The Morgan fingerprint density at radius 2 is 2.12 bits per heavy atom. The minimum Gasteiger partial charge on any atom is -0.482 e. The molecule has 26 heavy (non-hydrogen) atoms. The van der Waals surface area contributed by atoms with E-state index in [9.17, 15) is 4.79 Å². The van der Waals surface area contributed by atoms with Crippen molar-refractivity contribution in [3.8, 4) is 5.75 Å². The molecule has 1 fully saturated rings. The molecule has 2 heterocycles. The smallest absolute Gasteiger partial charge is 0.258 e. The van der Waals surface area contributed by atoms with E-state index in [2.05, 4.69) is 10.2 Å². The molecule has 1 aliphatic heterocycles. The van der Waals surface area contributed by atoms with Gasteiger partial charge < -0.3 is 14.5 Å². The summed E-state index contributed by atoms with van der Waals surface area (Å²) in [5.74, 6) is 2.43. The van der Waals surface area contributed by atoms with Crippen LogP contribution in [0.3, 0.4) is 0 Å². The number of furan rings is 1. The highest BCUT2D eigenvalue weighted by Crippen LogP contribution is 2.27. The van der Waals surface area contributed by atoms with E-state index in [0.717, 1.165) is 30.2 Å². The summed E-state index contributed by atoms with van der Waals surface area (Å²) in [6.45, 7) is 2.39. The number of hydrogen-bond acceptors (Lipinski definition) is 5. The average Bonchev–Trinajstić information content (AvgIpc) is 3.16. The number of carbonyl (C=O) groups excluding carboxylic acids is 1. The van der Waals surface area contributed by atoms with Crippen molar-refractivity contribution < 1.29 is 13.9 Å². The predicted octanol–water partition coefficient (Wildman–Crippen LogP) is 3.87. The van der Waals surface area contributed by atoms with Gasteiger partial charge in [0.25, 0.3) is 5.91 Å². The lowest BCUT2D eigenvalue weighted by molar-refractivity contribution is -0.123. The third kappa shape index (κ3) is 5.33. The molecule has 2 aromatic rings. The van der Waals surface area contributed by atoms with Gasteiger partial charge in [-0.3, -0.25) is 9.69 Å². The van der Waals surface area contributed by atoms with Crippen LogP contribution in [-0.4, -0.2) is 48.6 Å². The van der Waals surface area contributed by atoms with E-state index in [1.54, 1.807) is 30.7 Å². The zero-order chi connectivity index (χ0) is 18.4. The van der Waals surface area contributed by atoms with Crippen LogP contribution in [-0.2, 0) is 4.79 Å². The van der Waals surface area contributed by atoms with Crippen LogP contribution < -0.4 is 10.1 Å². The minimum atomic E-state index is -0.198. The maximum absolute atomic E-state index is 12.2. The standard InChI is InChI=1S/C18H20Cl2N2O3S/c19-14-1-2-17(15(20)9-14)25-12-18(23)21-10-16(13-3-6-24-11-13)22-4-7-26-8-5-22/h1-3,6,9,11,16H,4-5,7-8,10,12H2,(H,21,23). The SMILES string of the molecule is O=C(COc1ccc(Cl)cc1Cl)NCC(c1ccoc1)N1CCSCC1. The molecule has 0 aliphatic carbocycles. The summed E-state index contributed by atoms with van der Waals surface area (Å²) in [7, 11) is 0. The summed E-state index contributed by atoms with van der Waals surface area (Å²) in [6, 6.07) is 6.95. The second kappa shape index (κ2) is 9.55. The van der Waals surface area contributed by atoms with Gasteiger partial charge in [-0.05, 0) is 24.3 Å². The normalized spacial score (nSPS) is 16.2. The molecule has 1 aromatic carbocycles. The maximum atomic E-state index is 12.2. The van der Waals surface area contributed by atoms with Gasteiger partial charge in [0.2, 0.25) is 0 Å². The Labute approximate surface area is 167 Å². The van der Waals surface area contributed by atoms with Gasteiger partial charge in [-0.15, -0.1) is 0 Å². The van der Waals surface area contributed by atoms with Crippen LogP contribution in [0.5, 0.6) is 5.75 Å². The molecule has 1 saturated heterocycles. The second-order valence-corrected chi connectivity index (χ2v) is 7.96. The van der Waals surface area contributed by atoms with Gasteiger partial charge in [0.1, 0.15) is 5.75 Å². The number of ether oxygens (including phenoxy) is 1. The van der Waals surface area contributed by atoms with E-state index in [1.165, 1.54) is 0 Å². The number of thioether (sulfide) groups is 1. The van der Waals surface area contributed by atoms with Crippen molar-refractivity contribution in [2.24, 2.45) is 0 Å². The third-order valence-electron chi connectivity index (χ3n) is 4.16. The van der Waals surface area contributed by atoms with Crippen LogP contribution in [0.25, 0.3) is 0 Å². The molecule has 5 nitrogen and oxygen atoms in total. The van der Waals surface area contributed by atoms with Gasteiger partial charge in [-0.1, -0.05) is 23.2 Å². The first-order valence-electron chi connectivity index (χ1n) is 8.32. The number of benzene rings is 1. The van der Waals surface area contributed by atoms with Crippen molar-refractivity contribution in [3.05, 3.63) is 52.4 Å². The van der Waals surface area contributed by atoms with Crippen molar-refractivity contribution in [3.63, 3.8) is 0 Å². The molecule has 140 valence electrons. The fraction of sp³-hybridized carbons (Fsp3) is 0.389. The van der Waals surface area contributed by atoms with Crippen molar-refractivity contribution in [1.29, 1.82) is 0 Å². The van der Waals surface area contributed by atoms with E-state index in [4.69, 9.17) is 32.4 Å². The molecule has 0 saturated carbocycles. The Hall–Kier alpha value is -1.34. The van der Waals surface area contributed by atoms with Gasteiger partial charge in [0, 0.05) is 41.7 Å². The van der Waals surface area contributed by atoms with Crippen LogP contribution in [0.15, 0.2) is 41.2 Å². The van der Waals surface area contributed by atoms with Crippen molar-refractivity contribution in [2.45, 2.75) is 6.04 Å². The third-order valence-corrected chi connectivity index (χ3v) is 5.63. The molecular formula is C18H20Cl2N2O3S. The van der Waals surface area contributed by atoms with Crippen molar-refractivity contribution in [1.82, 2.24) is 10.2 Å². The summed E-state index contributed by atoms with van der Waals surface area (Å²) in [5, 5.41) is 3.85.